The maximum absolute atomic E-state index is 11.7. The summed E-state index contributed by atoms with van der Waals surface area (Å²) in [6.07, 6.45) is 1.33. The molecule has 112 valence electrons. The molecule has 1 saturated heterocycles. The van der Waals surface area contributed by atoms with Gasteiger partial charge in [-0.2, -0.15) is 0 Å². The van der Waals surface area contributed by atoms with Gasteiger partial charge in [0.05, 0.1) is 18.8 Å². The molecule has 0 amide bonds. The van der Waals surface area contributed by atoms with Gasteiger partial charge in [-0.15, -0.1) is 0 Å². The summed E-state index contributed by atoms with van der Waals surface area (Å²) < 4.78 is 10.3. The van der Waals surface area contributed by atoms with Gasteiger partial charge in [-0.25, -0.2) is 4.79 Å². The normalized spacial score (nSPS) is 33.2. The van der Waals surface area contributed by atoms with Gasteiger partial charge in [0.1, 0.15) is 18.3 Å². The molecule has 2 rings (SSSR count). The Bertz CT molecular complexity index is 421. The van der Waals surface area contributed by atoms with Crippen LogP contribution in [-0.2, 0) is 14.3 Å². The van der Waals surface area contributed by atoms with E-state index < -0.39 is 30.5 Å². The Hall–Kier alpha value is -1.41. The van der Waals surface area contributed by atoms with E-state index in [2.05, 4.69) is 0 Å². The summed E-state index contributed by atoms with van der Waals surface area (Å²) in [4.78, 5) is 13.2. The van der Waals surface area contributed by atoms with E-state index in [0.717, 1.165) is 0 Å². The second-order valence-corrected chi connectivity index (χ2v) is 4.64. The average molecular weight is 285 g/mol. The van der Waals surface area contributed by atoms with Crippen molar-refractivity contribution in [2.24, 2.45) is 0 Å². The van der Waals surface area contributed by atoms with Crippen molar-refractivity contribution in [1.82, 2.24) is 4.90 Å². The minimum Gasteiger partial charge on any atom is -0.463 e. The first-order valence-corrected chi connectivity index (χ1v) is 6.52. The topological polar surface area (TPSA) is 99.5 Å². The predicted molar refractivity (Wildman–Crippen MR) is 68.1 cm³/mol. The Kier molecular flexibility index (Phi) is 4.77. The lowest BCUT2D eigenvalue weighted by atomic mass is 10.1. The Morgan fingerprint density at radius 1 is 1.50 bits per heavy atom. The highest BCUT2D eigenvalue weighted by Crippen LogP contribution is 2.27. The molecule has 1 unspecified atom stereocenters. The fourth-order valence-corrected chi connectivity index (χ4v) is 2.22. The van der Waals surface area contributed by atoms with Crippen molar-refractivity contribution in [2.45, 2.75) is 37.9 Å². The van der Waals surface area contributed by atoms with Crippen molar-refractivity contribution >= 4 is 5.97 Å². The number of rotatable bonds is 4. The molecule has 4 atom stereocenters. The van der Waals surface area contributed by atoms with Crippen LogP contribution in [0.5, 0.6) is 0 Å². The van der Waals surface area contributed by atoms with Gasteiger partial charge in [-0.1, -0.05) is 6.08 Å². The van der Waals surface area contributed by atoms with E-state index in [1.54, 1.807) is 19.2 Å². The van der Waals surface area contributed by atoms with Gasteiger partial charge in [0.15, 0.2) is 6.23 Å². The van der Waals surface area contributed by atoms with Crippen molar-refractivity contribution in [3.63, 3.8) is 0 Å². The summed E-state index contributed by atoms with van der Waals surface area (Å²) in [7, 11) is 0. The quantitative estimate of drug-likeness (QED) is 0.575. The predicted octanol–water partition coefficient (Wildman–Crippen LogP) is -0.908. The Morgan fingerprint density at radius 2 is 2.25 bits per heavy atom. The van der Waals surface area contributed by atoms with Crippen molar-refractivity contribution in [1.29, 1.82) is 0 Å². The maximum atomic E-state index is 11.7. The smallest absolute Gasteiger partial charge is 0.335 e. The number of ether oxygens (including phenoxy) is 2. The van der Waals surface area contributed by atoms with E-state index in [-0.39, 0.29) is 13.2 Å². The fraction of sp³-hybridized carbons (Fsp3) is 0.615. The SMILES string of the molecule is CCOC(=O)C1=CN([C@@H]2O[C@H](CO)[C@H](O)C2O)C=CC1. The molecule has 0 aromatic carbocycles. The van der Waals surface area contributed by atoms with Crippen molar-refractivity contribution in [3.8, 4) is 0 Å². The van der Waals surface area contributed by atoms with E-state index in [4.69, 9.17) is 14.6 Å². The highest BCUT2D eigenvalue weighted by molar-refractivity contribution is 5.88. The highest BCUT2D eigenvalue weighted by Gasteiger charge is 2.44. The minimum atomic E-state index is -1.17. The van der Waals surface area contributed by atoms with Gasteiger partial charge in [0.25, 0.3) is 0 Å². The largest absolute Gasteiger partial charge is 0.463 e. The number of allylic oxidation sites excluding steroid dienone is 1. The molecular weight excluding hydrogens is 266 g/mol. The van der Waals surface area contributed by atoms with Crippen molar-refractivity contribution in [3.05, 3.63) is 24.0 Å². The molecule has 0 bridgehead atoms. The molecule has 3 N–H and O–H groups in total. The molecule has 0 radical (unpaired) electrons. The summed E-state index contributed by atoms with van der Waals surface area (Å²) in [5.74, 6) is -0.423. The summed E-state index contributed by atoms with van der Waals surface area (Å²) in [5.41, 5.74) is 0.437. The Balaban J connectivity index is 2.10. The number of aliphatic hydroxyl groups excluding tert-OH is 3. The molecule has 2 heterocycles. The number of hydrogen-bond donors (Lipinski definition) is 3. The molecule has 7 nitrogen and oxygen atoms in total. The molecular formula is C13H19NO6. The third-order valence-corrected chi connectivity index (χ3v) is 3.27. The second kappa shape index (κ2) is 6.36. The summed E-state index contributed by atoms with van der Waals surface area (Å²) in [6.45, 7) is 1.62. The standard InChI is InChI=1S/C13H19NO6/c1-2-19-13(18)8-4-3-5-14(6-8)12-11(17)10(16)9(7-15)20-12/h3,5-6,9-12,15-17H,2,4,7H2,1H3/t9-,10+,11?,12-/m1/s1. The summed E-state index contributed by atoms with van der Waals surface area (Å²) in [6, 6.07) is 0. The van der Waals surface area contributed by atoms with Crippen LogP contribution in [0.2, 0.25) is 0 Å². The first kappa shape index (κ1) is 15.0. The third-order valence-electron chi connectivity index (χ3n) is 3.27. The van der Waals surface area contributed by atoms with Gasteiger partial charge < -0.3 is 29.7 Å². The lowest BCUT2D eigenvalue weighted by Crippen LogP contribution is -2.40. The Morgan fingerprint density at radius 3 is 2.85 bits per heavy atom. The van der Waals surface area contributed by atoms with Crippen LogP contribution in [0, 0.1) is 0 Å². The first-order valence-electron chi connectivity index (χ1n) is 6.52. The van der Waals surface area contributed by atoms with Crippen LogP contribution in [-0.4, -0.2) is 63.9 Å². The fourth-order valence-electron chi connectivity index (χ4n) is 2.22. The van der Waals surface area contributed by atoms with E-state index in [9.17, 15) is 15.0 Å². The van der Waals surface area contributed by atoms with Crippen LogP contribution in [0.4, 0.5) is 0 Å². The number of carbonyl (C=O) groups is 1. The third kappa shape index (κ3) is 2.85. The van der Waals surface area contributed by atoms with Gasteiger partial charge in [0.2, 0.25) is 0 Å². The van der Waals surface area contributed by atoms with Crippen molar-refractivity contribution in [2.75, 3.05) is 13.2 Å². The van der Waals surface area contributed by atoms with Crippen LogP contribution < -0.4 is 0 Å². The molecule has 7 heteroatoms. The molecule has 2 aliphatic rings. The lowest BCUT2D eigenvalue weighted by molar-refractivity contribution is -0.138. The number of hydrogen-bond acceptors (Lipinski definition) is 7. The molecule has 1 fully saturated rings. The molecule has 0 aromatic heterocycles. The number of carbonyl (C=O) groups excluding carboxylic acids is 1. The zero-order valence-corrected chi connectivity index (χ0v) is 11.2. The molecule has 0 aliphatic carbocycles. The molecule has 0 spiro atoms. The van der Waals surface area contributed by atoms with Gasteiger partial charge in [0, 0.05) is 18.8 Å². The van der Waals surface area contributed by atoms with Gasteiger partial charge >= 0.3 is 5.97 Å². The minimum absolute atomic E-state index is 0.285. The van der Waals surface area contributed by atoms with Crippen LogP contribution in [0.25, 0.3) is 0 Å². The highest BCUT2D eigenvalue weighted by atomic mass is 16.6. The zero-order valence-electron chi connectivity index (χ0n) is 11.2. The van der Waals surface area contributed by atoms with Crippen LogP contribution >= 0.6 is 0 Å². The molecule has 20 heavy (non-hydrogen) atoms. The summed E-state index contributed by atoms with van der Waals surface area (Å²) >= 11 is 0. The number of esters is 1. The van der Waals surface area contributed by atoms with Crippen LogP contribution in [0.1, 0.15) is 13.3 Å². The molecule has 0 aromatic rings. The monoisotopic (exact) mass is 285 g/mol. The van der Waals surface area contributed by atoms with Gasteiger partial charge in [-0.3, -0.25) is 0 Å². The summed E-state index contributed by atoms with van der Waals surface area (Å²) in [5, 5.41) is 28.7. The van der Waals surface area contributed by atoms with Gasteiger partial charge in [-0.05, 0) is 6.92 Å². The maximum Gasteiger partial charge on any atom is 0.335 e. The lowest BCUT2D eigenvalue weighted by Gasteiger charge is -2.28. The second-order valence-electron chi connectivity index (χ2n) is 4.64. The van der Waals surface area contributed by atoms with Crippen LogP contribution in [0.3, 0.4) is 0 Å². The van der Waals surface area contributed by atoms with Crippen molar-refractivity contribution < 1.29 is 29.6 Å². The van der Waals surface area contributed by atoms with E-state index in [1.165, 1.54) is 11.1 Å². The van der Waals surface area contributed by atoms with E-state index >= 15 is 0 Å². The van der Waals surface area contributed by atoms with E-state index in [0.29, 0.717) is 12.0 Å². The van der Waals surface area contributed by atoms with E-state index in [1.807, 2.05) is 0 Å². The first-order chi connectivity index (χ1) is 9.58. The molecule has 2 aliphatic heterocycles. The Labute approximate surface area is 116 Å². The van der Waals surface area contributed by atoms with Crippen LogP contribution in [0.15, 0.2) is 24.0 Å². The zero-order chi connectivity index (χ0) is 14.7. The average Bonchev–Trinajstić information content (AvgIpc) is 2.75. The number of aliphatic hydroxyl groups is 3. The molecule has 0 saturated carbocycles. The number of nitrogens with zero attached hydrogens (tertiary/aromatic N) is 1.